The van der Waals surface area contributed by atoms with Gasteiger partial charge in [0.25, 0.3) is 5.56 Å². The van der Waals surface area contributed by atoms with Crippen molar-refractivity contribution in [1.29, 1.82) is 0 Å². The van der Waals surface area contributed by atoms with Gasteiger partial charge in [0.2, 0.25) is 5.95 Å². The predicted molar refractivity (Wildman–Crippen MR) is 99.8 cm³/mol. The molecule has 0 fully saturated rings. The number of nitrogens with zero attached hydrogens (tertiary/aromatic N) is 5. The van der Waals surface area contributed by atoms with Crippen LogP contribution in [0.2, 0.25) is 5.02 Å². The Morgan fingerprint density at radius 3 is 2.62 bits per heavy atom. The van der Waals surface area contributed by atoms with Crippen LogP contribution in [-0.2, 0) is 20.6 Å². The van der Waals surface area contributed by atoms with Crippen LogP contribution in [0.1, 0.15) is 6.42 Å². The molecule has 0 bridgehead atoms. The molecule has 0 saturated carbocycles. The molecule has 136 valence electrons. The highest BCUT2D eigenvalue weighted by Crippen LogP contribution is 2.35. The number of halogens is 1. The maximum atomic E-state index is 12.6. The van der Waals surface area contributed by atoms with E-state index >= 15 is 0 Å². The lowest BCUT2D eigenvalue weighted by Crippen LogP contribution is -2.38. The molecule has 0 unspecified atom stereocenters. The van der Waals surface area contributed by atoms with Gasteiger partial charge in [-0.05, 0) is 24.6 Å². The molecule has 2 aromatic heterocycles. The Morgan fingerprint density at radius 2 is 1.92 bits per heavy atom. The smallest absolute Gasteiger partial charge is 0.332 e. The summed E-state index contributed by atoms with van der Waals surface area (Å²) in [6.45, 7) is 1.40. The number of anilines is 2. The molecule has 0 aliphatic carbocycles. The SMILES string of the molecule is COc1ccc(N2CCCn3c2nc2c3c(=O)n(C)c(=O)n2C)cc1Cl. The molecule has 3 heterocycles. The van der Waals surface area contributed by atoms with Crippen LogP contribution in [0.4, 0.5) is 11.6 Å². The highest BCUT2D eigenvalue weighted by atomic mass is 35.5. The number of methoxy groups -OCH3 is 1. The van der Waals surface area contributed by atoms with Crippen LogP contribution >= 0.6 is 11.6 Å². The number of benzene rings is 1. The summed E-state index contributed by atoms with van der Waals surface area (Å²) >= 11 is 6.27. The highest BCUT2D eigenvalue weighted by Gasteiger charge is 2.26. The first-order chi connectivity index (χ1) is 12.4. The summed E-state index contributed by atoms with van der Waals surface area (Å²) in [5, 5.41) is 0.501. The highest BCUT2D eigenvalue weighted by molar-refractivity contribution is 6.32. The van der Waals surface area contributed by atoms with E-state index in [2.05, 4.69) is 4.98 Å². The molecule has 1 aromatic carbocycles. The van der Waals surface area contributed by atoms with E-state index in [1.165, 1.54) is 11.6 Å². The Labute approximate surface area is 153 Å². The van der Waals surface area contributed by atoms with Gasteiger partial charge in [0, 0.05) is 32.9 Å². The first-order valence-corrected chi connectivity index (χ1v) is 8.59. The van der Waals surface area contributed by atoms with Crippen molar-refractivity contribution in [3.63, 3.8) is 0 Å². The minimum atomic E-state index is -0.392. The van der Waals surface area contributed by atoms with E-state index in [1.54, 1.807) is 20.2 Å². The zero-order valence-corrected chi connectivity index (χ0v) is 15.4. The second-order valence-corrected chi connectivity index (χ2v) is 6.67. The molecule has 1 aliphatic rings. The van der Waals surface area contributed by atoms with Gasteiger partial charge < -0.3 is 14.2 Å². The summed E-state index contributed by atoms with van der Waals surface area (Å²) < 4.78 is 9.60. The quantitative estimate of drug-likeness (QED) is 0.680. The van der Waals surface area contributed by atoms with Crippen LogP contribution in [0.3, 0.4) is 0 Å². The van der Waals surface area contributed by atoms with E-state index in [-0.39, 0.29) is 5.56 Å². The van der Waals surface area contributed by atoms with E-state index in [0.29, 0.717) is 34.4 Å². The minimum absolute atomic E-state index is 0.337. The lowest BCUT2D eigenvalue weighted by atomic mass is 10.2. The summed E-state index contributed by atoms with van der Waals surface area (Å²) in [5.74, 6) is 1.22. The Kier molecular flexibility index (Phi) is 3.80. The van der Waals surface area contributed by atoms with Crippen LogP contribution in [0.15, 0.2) is 27.8 Å². The number of imidazole rings is 1. The third-order valence-electron chi connectivity index (χ3n) is 4.78. The number of aryl methyl sites for hydroxylation is 2. The molecule has 1 aliphatic heterocycles. The first-order valence-electron chi connectivity index (χ1n) is 8.21. The van der Waals surface area contributed by atoms with Crippen molar-refractivity contribution in [2.75, 3.05) is 18.6 Å². The van der Waals surface area contributed by atoms with Gasteiger partial charge in [-0.15, -0.1) is 0 Å². The molecule has 3 aromatic rings. The topological polar surface area (TPSA) is 74.3 Å². The van der Waals surface area contributed by atoms with E-state index in [9.17, 15) is 9.59 Å². The lowest BCUT2D eigenvalue weighted by molar-refractivity contribution is 0.415. The van der Waals surface area contributed by atoms with Crippen molar-refractivity contribution >= 4 is 34.4 Å². The molecule has 0 saturated heterocycles. The van der Waals surface area contributed by atoms with Crippen molar-refractivity contribution < 1.29 is 4.74 Å². The van der Waals surface area contributed by atoms with Crippen molar-refractivity contribution in [2.24, 2.45) is 14.1 Å². The normalized spacial score (nSPS) is 13.9. The first kappa shape index (κ1) is 16.7. The van der Waals surface area contributed by atoms with Crippen LogP contribution in [0.25, 0.3) is 11.2 Å². The maximum Gasteiger partial charge on any atom is 0.332 e. The summed E-state index contributed by atoms with van der Waals surface area (Å²) in [5.41, 5.74) is 0.954. The second kappa shape index (κ2) is 5.91. The van der Waals surface area contributed by atoms with Crippen molar-refractivity contribution in [2.45, 2.75) is 13.0 Å². The van der Waals surface area contributed by atoms with E-state index < -0.39 is 5.69 Å². The zero-order valence-electron chi connectivity index (χ0n) is 14.7. The van der Waals surface area contributed by atoms with Gasteiger partial charge in [-0.3, -0.25) is 13.9 Å². The Bertz CT molecular complexity index is 1140. The third-order valence-corrected chi connectivity index (χ3v) is 5.08. The molecule has 0 atom stereocenters. The largest absolute Gasteiger partial charge is 0.495 e. The summed E-state index contributed by atoms with van der Waals surface area (Å²) in [7, 11) is 4.67. The number of fused-ring (bicyclic) bond motifs is 3. The van der Waals surface area contributed by atoms with Gasteiger partial charge in [0.1, 0.15) is 5.75 Å². The van der Waals surface area contributed by atoms with Crippen LogP contribution < -0.4 is 20.9 Å². The predicted octanol–water partition coefficient (Wildman–Crippen LogP) is 1.64. The van der Waals surface area contributed by atoms with Gasteiger partial charge in [-0.2, -0.15) is 4.98 Å². The van der Waals surface area contributed by atoms with E-state index in [1.807, 2.05) is 21.6 Å². The Hall–Kier alpha value is -2.74. The standard InChI is InChI=1S/C17H18ClN5O3/c1-20-14-13(15(24)21(2)17(20)25)23-8-4-7-22(16(23)19-14)10-5-6-12(26-3)11(18)9-10/h5-6,9H,4,7-8H2,1-3H3. The van der Waals surface area contributed by atoms with Crippen molar-refractivity contribution in [3.05, 3.63) is 44.1 Å². The van der Waals surface area contributed by atoms with Crippen LogP contribution in [0, 0.1) is 0 Å². The van der Waals surface area contributed by atoms with Crippen LogP contribution in [-0.4, -0.2) is 32.3 Å². The average molecular weight is 376 g/mol. The molecule has 9 heteroatoms. The van der Waals surface area contributed by atoms with Gasteiger partial charge in [-0.1, -0.05) is 11.6 Å². The van der Waals surface area contributed by atoms with Gasteiger partial charge in [-0.25, -0.2) is 4.79 Å². The van der Waals surface area contributed by atoms with Crippen LogP contribution in [0.5, 0.6) is 5.75 Å². The summed E-state index contributed by atoms with van der Waals surface area (Å²) in [6.07, 6.45) is 0.841. The molecule has 4 rings (SSSR count). The molecular weight excluding hydrogens is 358 g/mol. The maximum absolute atomic E-state index is 12.6. The van der Waals surface area contributed by atoms with Gasteiger partial charge in [0.05, 0.1) is 12.1 Å². The summed E-state index contributed by atoms with van der Waals surface area (Å²) in [6, 6.07) is 5.51. The Balaban J connectivity index is 1.96. The zero-order chi connectivity index (χ0) is 18.6. The van der Waals surface area contributed by atoms with E-state index in [4.69, 9.17) is 16.3 Å². The monoisotopic (exact) mass is 375 g/mol. The number of ether oxygens (including phenoxy) is 1. The molecule has 0 radical (unpaired) electrons. The fourth-order valence-corrected chi connectivity index (χ4v) is 3.66. The number of hydrogen-bond donors (Lipinski definition) is 0. The fourth-order valence-electron chi connectivity index (χ4n) is 3.41. The number of hydrogen-bond acceptors (Lipinski definition) is 5. The van der Waals surface area contributed by atoms with Crippen molar-refractivity contribution in [3.8, 4) is 5.75 Å². The number of aromatic nitrogens is 4. The summed E-state index contributed by atoms with van der Waals surface area (Å²) in [4.78, 5) is 31.5. The average Bonchev–Trinajstić information content (AvgIpc) is 3.04. The lowest BCUT2D eigenvalue weighted by Gasteiger charge is -2.29. The molecular formula is C17H18ClN5O3. The van der Waals surface area contributed by atoms with E-state index in [0.717, 1.165) is 23.2 Å². The molecule has 0 amide bonds. The minimum Gasteiger partial charge on any atom is -0.495 e. The second-order valence-electron chi connectivity index (χ2n) is 6.27. The number of rotatable bonds is 2. The molecule has 26 heavy (non-hydrogen) atoms. The molecule has 0 N–H and O–H groups in total. The van der Waals surface area contributed by atoms with Gasteiger partial charge >= 0.3 is 5.69 Å². The molecule has 0 spiro atoms. The fraction of sp³-hybridized carbons (Fsp3) is 0.353. The Morgan fingerprint density at radius 1 is 1.15 bits per heavy atom. The van der Waals surface area contributed by atoms with Gasteiger partial charge in [0.15, 0.2) is 11.2 Å². The molecule has 8 nitrogen and oxygen atoms in total. The third kappa shape index (κ3) is 2.25. The van der Waals surface area contributed by atoms with Crippen molar-refractivity contribution in [1.82, 2.24) is 18.7 Å².